The maximum Gasteiger partial charge on any atom is 0.277 e. The monoisotopic (exact) mass is 650 g/mol. The zero-order valence-electron chi connectivity index (χ0n) is 26.6. The fourth-order valence-electron chi connectivity index (χ4n) is 6.26. The number of rotatable bonds is 13. The Labute approximate surface area is 277 Å². The first-order valence-corrected chi connectivity index (χ1v) is 16.1. The van der Waals surface area contributed by atoms with Crippen molar-refractivity contribution in [2.75, 3.05) is 32.2 Å². The van der Waals surface area contributed by atoms with E-state index in [9.17, 15) is 9.59 Å². The van der Waals surface area contributed by atoms with Crippen molar-refractivity contribution in [1.82, 2.24) is 24.8 Å². The molecule has 12 heteroatoms. The number of benzene rings is 2. The minimum Gasteiger partial charge on any atom is -0.485 e. The maximum absolute atomic E-state index is 13.7. The lowest BCUT2D eigenvalue weighted by Gasteiger charge is -2.18. The van der Waals surface area contributed by atoms with Crippen molar-refractivity contribution in [2.24, 2.45) is 0 Å². The Morgan fingerprint density at radius 1 is 1.02 bits per heavy atom. The van der Waals surface area contributed by atoms with Crippen molar-refractivity contribution in [3.05, 3.63) is 107 Å². The van der Waals surface area contributed by atoms with Crippen LogP contribution in [0.5, 0.6) is 5.75 Å². The van der Waals surface area contributed by atoms with Gasteiger partial charge in [0.05, 0.1) is 26.0 Å². The summed E-state index contributed by atoms with van der Waals surface area (Å²) in [7, 11) is 1.67. The molecular weight excluding hydrogens is 612 g/mol. The van der Waals surface area contributed by atoms with E-state index in [1.807, 2.05) is 66.7 Å². The quantitative estimate of drug-likeness (QED) is 0.163. The third-order valence-electron chi connectivity index (χ3n) is 8.77. The summed E-state index contributed by atoms with van der Waals surface area (Å²) in [5, 5.41) is 7.12. The third-order valence-corrected chi connectivity index (χ3v) is 8.77. The van der Waals surface area contributed by atoms with Crippen molar-refractivity contribution in [3.8, 4) is 17.1 Å². The Balaban J connectivity index is 0.950. The number of hydrogen-bond acceptors (Lipinski definition) is 9. The van der Waals surface area contributed by atoms with E-state index in [0.29, 0.717) is 37.8 Å². The molecule has 7 rings (SSSR count). The molecule has 0 aliphatic carbocycles. The maximum atomic E-state index is 13.7. The van der Waals surface area contributed by atoms with Crippen LogP contribution in [0.4, 0.5) is 5.69 Å². The summed E-state index contributed by atoms with van der Waals surface area (Å²) >= 11 is 0. The second-order valence-corrected chi connectivity index (χ2v) is 12.0. The summed E-state index contributed by atoms with van der Waals surface area (Å²) in [6.45, 7) is 1.66. The third kappa shape index (κ3) is 6.96. The summed E-state index contributed by atoms with van der Waals surface area (Å²) < 4.78 is 24.8. The van der Waals surface area contributed by atoms with Gasteiger partial charge in [0.1, 0.15) is 42.1 Å². The van der Waals surface area contributed by atoms with Crippen LogP contribution in [0, 0.1) is 0 Å². The summed E-state index contributed by atoms with van der Waals surface area (Å²) in [5.74, 6) is 0.897. The molecule has 248 valence electrons. The molecule has 1 amide bonds. The predicted octanol–water partition coefficient (Wildman–Crippen LogP) is 3.71. The predicted molar refractivity (Wildman–Crippen MR) is 180 cm³/mol. The molecule has 3 N–H and O–H groups in total. The van der Waals surface area contributed by atoms with E-state index in [-0.39, 0.29) is 42.4 Å². The number of fused-ring (bicyclic) bond motifs is 2. The number of carbonyl (C=O) groups is 1. The average Bonchev–Trinajstić information content (AvgIpc) is 3.84. The van der Waals surface area contributed by atoms with E-state index < -0.39 is 0 Å². The Morgan fingerprint density at radius 3 is 2.60 bits per heavy atom. The van der Waals surface area contributed by atoms with E-state index >= 15 is 0 Å². The number of aryl methyl sites for hydroxylation is 1. The Hall–Kier alpha value is -5.04. The SMILES string of the molecule is CO[C@@H]1CO[C@H]2[C@@H]1OC[C@H]2Oc1ccc(CCCNc2cnc(-c3ccccc3)n(CC(=O)NCc3cc4cnccc4[nH]3)c2=O)cc1. The highest BCUT2D eigenvalue weighted by molar-refractivity contribution is 5.80. The van der Waals surface area contributed by atoms with Gasteiger partial charge in [0, 0.05) is 48.2 Å². The zero-order chi connectivity index (χ0) is 32.9. The number of hydrogen-bond donors (Lipinski definition) is 3. The molecule has 2 aromatic carbocycles. The fraction of sp³-hybridized carbons (Fsp3) is 0.333. The normalized spacial score (nSPS) is 20.1. The molecule has 48 heavy (non-hydrogen) atoms. The van der Waals surface area contributed by atoms with Gasteiger partial charge in [0.25, 0.3) is 5.56 Å². The molecule has 3 aromatic heterocycles. The van der Waals surface area contributed by atoms with Gasteiger partial charge in [-0.3, -0.25) is 19.1 Å². The molecule has 0 radical (unpaired) electrons. The van der Waals surface area contributed by atoms with Gasteiger partial charge in [-0.25, -0.2) is 4.98 Å². The second kappa shape index (κ2) is 14.4. The van der Waals surface area contributed by atoms with Crippen LogP contribution in [0.1, 0.15) is 17.7 Å². The molecule has 12 nitrogen and oxygen atoms in total. The van der Waals surface area contributed by atoms with Crippen LogP contribution in [-0.2, 0) is 38.5 Å². The first-order valence-electron chi connectivity index (χ1n) is 16.1. The van der Waals surface area contributed by atoms with Gasteiger partial charge in [-0.15, -0.1) is 0 Å². The van der Waals surface area contributed by atoms with Crippen LogP contribution in [0.15, 0.2) is 90.1 Å². The summed E-state index contributed by atoms with van der Waals surface area (Å²) in [6.07, 6.45) is 6.18. The van der Waals surface area contributed by atoms with E-state index in [2.05, 4.69) is 25.6 Å². The van der Waals surface area contributed by atoms with Crippen molar-refractivity contribution < 1.29 is 23.7 Å². The Morgan fingerprint density at radius 2 is 1.81 bits per heavy atom. The number of aromatic amines is 1. The number of aromatic nitrogens is 4. The largest absolute Gasteiger partial charge is 0.485 e. The average molecular weight is 651 g/mol. The first-order chi connectivity index (χ1) is 23.6. The molecule has 2 saturated heterocycles. The minimum atomic E-state index is -0.307. The van der Waals surface area contributed by atoms with Crippen molar-refractivity contribution in [1.29, 1.82) is 0 Å². The van der Waals surface area contributed by atoms with Gasteiger partial charge in [-0.1, -0.05) is 42.5 Å². The number of nitrogens with zero attached hydrogens (tertiary/aromatic N) is 3. The molecule has 0 unspecified atom stereocenters. The van der Waals surface area contributed by atoms with E-state index in [0.717, 1.165) is 46.3 Å². The Kier molecular flexibility index (Phi) is 9.46. The van der Waals surface area contributed by atoms with Crippen LogP contribution in [0.2, 0.25) is 0 Å². The van der Waals surface area contributed by atoms with Gasteiger partial charge in [0.15, 0.2) is 6.10 Å². The smallest absolute Gasteiger partial charge is 0.277 e. The highest BCUT2D eigenvalue weighted by Gasteiger charge is 2.49. The number of nitrogens with one attached hydrogen (secondary N) is 3. The Bertz CT molecular complexity index is 1880. The lowest BCUT2D eigenvalue weighted by molar-refractivity contribution is -0.121. The first kappa shape index (κ1) is 31.6. The number of ether oxygens (including phenoxy) is 4. The van der Waals surface area contributed by atoms with Crippen LogP contribution in [-0.4, -0.2) is 76.7 Å². The van der Waals surface area contributed by atoms with Crippen molar-refractivity contribution in [2.45, 2.75) is 50.3 Å². The van der Waals surface area contributed by atoms with Crippen molar-refractivity contribution in [3.63, 3.8) is 0 Å². The summed E-state index contributed by atoms with van der Waals surface area (Å²) in [4.78, 5) is 38.8. The molecule has 5 aromatic rings. The fourth-order valence-corrected chi connectivity index (χ4v) is 6.26. The molecule has 5 heterocycles. The molecule has 2 aliphatic rings. The van der Waals surface area contributed by atoms with E-state index in [4.69, 9.17) is 18.9 Å². The standard InChI is InChI=1S/C36H38N6O6/c1-45-30-21-46-34-31(22-47-33(30)34)48-27-11-9-23(10-12-27)6-5-14-38-29-19-40-35(24-7-3-2-4-8-24)42(36(29)44)20-32(43)39-18-26-16-25-17-37-15-13-28(25)41-26/h2-4,7-13,15-17,19,30-31,33-34,38,41H,5-6,14,18,20-22H2,1H3,(H,39,43)/t30-,31-,33-,34-/m1/s1. The number of pyridine rings is 1. The topological polar surface area (TPSA) is 142 Å². The molecular formula is C36H38N6O6. The molecule has 0 saturated carbocycles. The molecule has 4 atom stereocenters. The van der Waals surface area contributed by atoms with Gasteiger partial charge in [-0.2, -0.15) is 0 Å². The zero-order valence-corrected chi connectivity index (χ0v) is 26.6. The lowest BCUT2D eigenvalue weighted by Crippen LogP contribution is -2.35. The minimum absolute atomic E-state index is 0.0561. The van der Waals surface area contributed by atoms with Crippen LogP contribution in [0.25, 0.3) is 22.3 Å². The number of carbonyl (C=O) groups excluding carboxylic acids is 1. The summed E-state index contributed by atoms with van der Waals surface area (Å²) in [6, 6.07) is 21.2. The highest BCUT2D eigenvalue weighted by Crippen LogP contribution is 2.31. The molecule has 2 aliphatic heterocycles. The van der Waals surface area contributed by atoms with E-state index in [1.165, 1.54) is 4.57 Å². The summed E-state index contributed by atoms with van der Waals surface area (Å²) in [5.41, 5.74) is 3.73. The number of H-pyrrole nitrogens is 1. The highest BCUT2D eigenvalue weighted by atomic mass is 16.6. The van der Waals surface area contributed by atoms with Gasteiger partial charge < -0.3 is 34.6 Å². The number of amides is 1. The lowest BCUT2D eigenvalue weighted by atomic mass is 10.1. The van der Waals surface area contributed by atoms with Gasteiger partial charge in [0.2, 0.25) is 5.91 Å². The van der Waals surface area contributed by atoms with Gasteiger partial charge >= 0.3 is 0 Å². The number of methoxy groups -OCH3 is 1. The van der Waals surface area contributed by atoms with E-state index in [1.54, 1.807) is 25.7 Å². The van der Waals surface area contributed by atoms with Crippen LogP contribution in [0.3, 0.4) is 0 Å². The van der Waals surface area contributed by atoms with Crippen LogP contribution < -0.4 is 20.9 Å². The van der Waals surface area contributed by atoms with Crippen LogP contribution >= 0.6 is 0 Å². The molecule has 2 fully saturated rings. The molecule has 0 spiro atoms. The van der Waals surface area contributed by atoms with Gasteiger partial charge in [-0.05, 0) is 42.7 Å². The number of anilines is 1. The van der Waals surface area contributed by atoms with Crippen molar-refractivity contribution >= 4 is 22.5 Å². The second-order valence-electron chi connectivity index (χ2n) is 12.0. The molecule has 0 bridgehead atoms.